The minimum absolute atomic E-state index is 0.00706. The Bertz CT molecular complexity index is 860. The van der Waals surface area contributed by atoms with Crippen LogP contribution in [0.4, 0.5) is 5.69 Å². The van der Waals surface area contributed by atoms with Crippen LogP contribution in [0, 0.1) is 5.92 Å². The molecule has 0 unspecified atom stereocenters. The van der Waals surface area contributed by atoms with Crippen LogP contribution in [-0.2, 0) is 14.3 Å². The molecule has 1 aromatic carbocycles. The van der Waals surface area contributed by atoms with Gasteiger partial charge in [-0.15, -0.1) is 0 Å². The summed E-state index contributed by atoms with van der Waals surface area (Å²) in [5, 5.41) is 2.84. The van der Waals surface area contributed by atoms with Crippen molar-refractivity contribution >= 4 is 23.4 Å². The number of likely N-dealkylation sites (N-methyl/N-ethyl adjacent to an activating group) is 2. The lowest BCUT2D eigenvalue weighted by Crippen LogP contribution is -2.50. The van der Waals surface area contributed by atoms with Crippen molar-refractivity contribution in [3.05, 3.63) is 23.8 Å². The average Bonchev–Trinajstić information content (AvgIpc) is 2.77. The zero-order valence-electron chi connectivity index (χ0n) is 21.6. The number of anilines is 1. The standard InChI is InChI=1S/C25H40N4O5/c1-8-9-23(30)26-19-10-11-21-20(12-19)25(32)28(6)14-22(33-7)17(2)13-29(18(3)16-34-21)24(31)15-27(4)5/h10-12,17-18,22H,8-9,13-16H2,1-7H3,(H,26,30)/t17-,18-,22+/m0/s1. The number of rotatable bonds is 6. The summed E-state index contributed by atoms with van der Waals surface area (Å²) in [5.74, 6) is 0.101. The van der Waals surface area contributed by atoms with Crippen LogP contribution >= 0.6 is 0 Å². The van der Waals surface area contributed by atoms with E-state index < -0.39 is 0 Å². The molecule has 9 heteroatoms. The molecule has 1 aliphatic rings. The predicted octanol–water partition coefficient (Wildman–Crippen LogP) is 2.32. The molecule has 1 N–H and O–H groups in total. The Hall–Kier alpha value is -2.65. The van der Waals surface area contributed by atoms with E-state index in [4.69, 9.17) is 9.47 Å². The first kappa shape index (κ1) is 27.6. The van der Waals surface area contributed by atoms with Crippen molar-refractivity contribution in [3.8, 4) is 5.75 Å². The van der Waals surface area contributed by atoms with Gasteiger partial charge in [-0.2, -0.15) is 0 Å². The lowest BCUT2D eigenvalue weighted by atomic mass is 10.0. The number of carbonyl (C=O) groups is 3. The SMILES string of the molecule is CCCC(=O)Nc1ccc2c(c1)C(=O)N(C)C[C@@H](OC)[C@@H](C)CN(C(=O)CN(C)C)[C@@H](C)CO2. The first-order valence-corrected chi connectivity index (χ1v) is 11.9. The Morgan fingerprint density at radius 3 is 2.56 bits per heavy atom. The molecule has 34 heavy (non-hydrogen) atoms. The number of nitrogens with zero attached hydrogens (tertiary/aromatic N) is 3. The van der Waals surface area contributed by atoms with Gasteiger partial charge in [0.1, 0.15) is 12.4 Å². The zero-order chi connectivity index (χ0) is 25.4. The Morgan fingerprint density at radius 1 is 1.24 bits per heavy atom. The van der Waals surface area contributed by atoms with Gasteiger partial charge in [0.05, 0.1) is 24.3 Å². The van der Waals surface area contributed by atoms with Crippen LogP contribution < -0.4 is 10.1 Å². The third-order valence-electron chi connectivity index (χ3n) is 5.98. The molecule has 3 amide bonds. The molecule has 0 radical (unpaired) electrons. The maximum Gasteiger partial charge on any atom is 0.257 e. The minimum atomic E-state index is -0.257. The molecular weight excluding hydrogens is 436 g/mol. The number of nitrogens with one attached hydrogen (secondary N) is 1. The number of methoxy groups -OCH3 is 1. The summed E-state index contributed by atoms with van der Waals surface area (Å²) in [4.78, 5) is 43.7. The Kier molecular flexibility index (Phi) is 10.3. The van der Waals surface area contributed by atoms with Crippen LogP contribution in [-0.4, -0.2) is 99.1 Å². The lowest BCUT2D eigenvalue weighted by Gasteiger charge is -2.36. The Morgan fingerprint density at radius 2 is 1.94 bits per heavy atom. The number of carbonyl (C=O) groups excluding carboxylic acids is 3. The topological polar surface area (TPSA) is 91.4 Å². The number of benzene rings is 1. The van der Waals surface area contributed by atoms with E-state index in [1.807, 2.05) is 44.7 Å². The highest BCUT2D eigenvalue weighted by Crippen LogP contribution is 2.26. The number of ether oxygens (including phenoxy) is 2. The highest BCUT2D eigenvalue weighted by Gasteiger charge is 2.30. The van der Waals surface area contributed by atoms with E-state index in [1.54, 1.807) is 37.3 Å². The maximum atomic E-state index is 13.4. The molecule has 9 nitrogen and oxygen atoms in total. The molecular formula is C25H40N4O5. The van der Waals surface area contributed by atoms with E-state index >= 15 is 0 Å². The fourth-order valence-electron chi connectivity index (χ4n) is 4.01. The van der Waals surface area contributed by atoms with Crippen LogP contribution in [0.3, 0.4) is 0 Å². The molecule has 0 aliphatic carbocycles. The molecule has 1 aromatic rings. The Labute approximate surface area is 203 Å². The third-order valence-corrected chi connectivity index (χ3v) is 5.98. The molecule has 1 aliphatic heterocycles. The first-order valence-electron chi connectivity index (χ1n) is 11.9. The molecule has 1 heterocycles. The second-order valence-electron chi connectivity index (χ2n) is 9.39. The molecule has 0 saturated heterocycles. The molecule has 190 valence electrons. The number of hydrogen-bond acceptors (Lipinski definition) is 6. The van der Waals surface area contributed by atoms with Gasteiger partial charge in [-0.1, -0.05) is 13.8 Å². The van der Waals surface area contributed by atoms with Crippen molar-refractivity contribution in [2.75, 3.05) is 59.8 Å². The molecule has 0 bridgehead atoms. The van der Waals surface area contributed by atoms with Gasteiger partial charge < -0.3 is 29.5 Å². The second kappa shape index (κ2) is 12.7. The van der Waals surface area contributed by atoms with Crippen molar-refractivity contribution in [1.82, 2.24) is 14.7 Å². The minimum Gasteiger partial charge on any atom is -0.491 e. The number of fused-ring (bicyclic) bond motifs is 1. The van der Waals surface area contributed by atoms with E-state index in [0.29, 0.717) is 43.1 Å². The Balaban J connectivity index is 2.42. The molecule has 0 aromatic heterocycles. The van der Waals surface area contributed by atoms with Crippen LogP contribution in [0.5, 0.6) is 5.75 Å². The van der Waals surface area contributed by atoms with Crippen LogP contribution in [0.2, 0.25) is 0 Å². The summed E-state index contributed by atoms with van der Waals surface area (Å²) in [5.41, 5.74) is 0.903. The van der Waals surface area contributed by atoms with E-state index in [0.717, 1.165) is 6.42 Å². The van der Waals surface area contributed by atoms with Gasteiger partial charge in [-0.05, 0) is 45.6 Å². The molecule has 3 atom stereocenters. The quantitative estimate of drug-likeness (QED) is 0.678. The smallest absolute Gasteiger partial charge is 0.257 e. The van der Waals surface area contributed by atoms with Gasteiger partial charge in [0, 0.05) is 45.3 Å². The van der Waals surface area contributed by atoms with E-state index in [9.17, 15) is 14.4 Å². The van der Waals surface area contributed by atoms with Gasteiger partial charge in [-0.25, -0.2) is 0 Å². The van der Waals surface area contributed by atoms with Crippen molar-refractivity contribution in [2.45, 2.75) is 45.8 Å². The van der Waals surface area contributed by atoms with Gasteiger partial charge >= 0.3 is 0 Å². The van der Waals surface area contributed by atoms with Crippen molar-refractivity contribution < 1.29 is 23.9 Å². The van der Waals surface area contributed by atoms with Gasteiger partial charge in [0.25, 0.3) is 5.91 Å². The summed E-state index contributed by atoms with van der Waals surface area (Å²) < 4.78 is 11.8. The van der Waals surface area contributed by atoms with E-state index in [-0.39, 0.29) is 42.4 Å². The van der Waals surface area contributed by atoms with Crippen molar-refractivity contribution in [1.29, 1.82) is 0 Å². The van der Waals surface area contributed by atoms with Gasteiger partial charge in [-0.3, -0.25) is 14.4 Å². The summed E-state index contributed by atoms with van der Waals surface area (Å²) in [6, 6.07) is 4.86. The summed E-state index contributed by atoms with van der Waals surface area (Å²) in [6.07, 6.45) is 0.884. The van der Waals surface area contributed by atoms with Gasteiger partial charge in [0.15, 0.2) is 0 Å². The second-order valence-corrected chi connectivity index (χ2v) is 9.39. The fourth-order valence-corrected chi connectivity index (χ4v) is 4.01. The van der Waals surface area contributed by atoms with E-state index in [1.165, 1.54) is 0 Å². The molecule has 0 fully saturated rings. The van der Waals surface area contributed by atoms with Crippen LogP contribution in [0.1, 0.15) is 44.0 Å². The van der Waals surface area contributed by atoms with Gasteiger partial charge in [0.2, 0.25) is 11.8 Å². The van der Waals surface area contributed by atoms with Crippen molar-refractivity contribution in [3.63, 3.8) is 0 Å². The summed E-state index contributed by atoms with van der Waals surface area (Å²) in [7, 11) is 7.07. The predicted molar refractivity (Wildman–Crippen MR) is 132 cm³/mol. The van der Waals surface area contributed by atoms with Crippen LogP contribution in [0.15, 0.2) is 18.2 Å². The number of amides is 3. The lowest BCUT2D eigenvalue weighted by molar-refractivity contribution is -0.136. The van der Waals surface area contributed by atoms with Crippen molar-refractivity contribution in [2.24, 2.45) is 5.92 Å². The molecule has 0 spiro atoms. The highest BCUT2D eigenvalue weighted by molar-refractivity contribution is 5.99. The zero-order valence-corrected chi connectivity index (χ0v) is 21.6. The summed E-state index contributed by atoms with van der Waals surface area (Å²) >= 11 is 0. The first-order chi connectivity index (χ1) is 16.1. The summed E-state index contributed by atoms with van der Waals surface area (Å²) in [6.45, 7) is 7.28. The monoisotopic (exact) mass is 476 g/mol. The number of hydrogen-bond donors (Lipinski definition) is 1. The fraction of sp³-hybridized carbons (Fsp3) is 0.640. The molecule has 0 saturated carbocycles. The third kappa shape index (κ3) is 7.43. The maximum absolute atomic E-state index is 13.4. The normalized spacial score (nSPS) is 21.9. The van der Waals surface area contributed by atoms with Crippen LogP contribution in [0.25, 0.3) is 0 Å². The average molecular weight is 477 g/mol. The van der Waals surface area contributed by atoms with E-state index in [2.05, 4.69) is 5.32 Å². The largest absolute Gasteiger partial charge is 0.491 e. The highest BCUT2D eigenvalue weighted by atomic mass is 16.5. The molecule has 2 rings (SSSR count).